The van der Waals surface area contributed by atoms with Crippen LogP contribution in [-0.2, 0) is 0 Å². The molecule has 3 rings (SSSR count). The number of carbonyl (C=O) groups excluding carboxylic acids is 1. The molecule has 0 spiro atoms. The van der Waals surface area contributed by atoms with Crippen molar-refractivity contribution in [2.75, 3.05) is 26.2 Å². The maximum absolute atomic E-state index is 13.3. The second-order valence-electron chi connectivity index (χ2n) is 6.93. The van der Waals surface area contributed by atoms with Crippen molar-refractivity contribution in [1.82, 2.24) is 4.90 Å². The fraction of sp³-hybridized carbons (Fsp3) is 0.611. The maximum Gasteiger partial charge on any atom is 0.254 e. The molecule has 1 amide bonds. The summed E-state index contributed by atoms with van der Waals surface area (Å²) in [5, 5.41) is 0. The van der Waals surface area contributed by atoms with Crippen LogP contribution in [0.4, 0.5) is 4.39 Å². The highest BCUT2D eigenvalue weighted by atomic mass is 19.1. The van der Waals surface area contributed by atoms with Gasteiger partial charge in [-0.3, -0.25) is 4.79 Å². The van der Waals surface area contributed by atoms with Gasteiger partial charge in [0.1, 0.15) is 5.82 Å². The van der Waals surface area contributed by atoms with Crippen LogP contribution < -0.4 is 4.90 Å². The van der Waals surface area contributed by atoms with E-state index in [0.29, 0.717) is 5.56 Å². The first-order valence-corrected chi connectivity index (χ1v) is 8.53. The van der Waals surface area contributed by atoms with Gasteiger partial charge in [-0.1, -0.05) is 19.4 Å². The number of amides is 1. The molecule has 4 heteroatoms. The summed E-state index contributed by atoms with van der Waals surface area (Å²) in [4.78, 5) is 16.0. The highest BCUT2D eigenvalue weighted by molar-refractivity contribution is 5.94. The van der Waals surface area contributed by atoms with Crippen LogP contribution in [0, 0.1) is 11.7 Å². The summed E-state index contributed by atoms with van der Waals surface area (Å²) in [5.74, 6) is 0.472. The molecular weight excluding hydrogens is 279 g/mol. The summed E-state index contributed by atoms with van der Waals surface area (Å²) in [6, 6.07) is 6.80. The predicted octanol–water partition coefficient (Wildman–Crippen LogP) is 1.75. The lowest BCUT2D eigenvalue weighted by molar-refractivity contribution is -0.930. The van der Waals surface area contributed by atoms with Gasteiger partial charge in [-0.05, 0) is 37.0 Å². The second-order valence-corrected chi connectivity index (χ2v) is 6.93. The summed E-state index contributed by atoms with van der Waals surface area (Å²) in [6.07, 6.45) is 5.37. The number of hydrogen-bond donors (Lipinski definition) is 1. The Morgan fingerprint density at radius 3 is 2.73 bits per heavy atom. The number of piperazine rings is 1. The number of carbonyl (C=O) groups is 1. The lowest BCUT2D eigenvalue weighted by Gasteiger charge is -2.39. The van der Waals surface area contributed by atoms with Crippen molar-refractivity contribution in [2.45, 2.75) is 38.6 Å². The van der Waals surface area contributed by atoms with Crippen LogP contribution >= 0.6 is 0 Å². The number of quaternary nitrogens is 1. The highest BCUT2D eigenvalue weighted by Crippen LogP contribution is 2.22. The van der Waals surface area contributed by atoms with E-state index >= 15 is 0 Å². The molecule has 2 aliphatic rings. The van der Waals surface area contributed by atoms with Crippen molar-refractivity contribution in [3.05, 3.63) is 35.6 Å². The van der Waals surface area contributed by atoms with E-state index in [4.69, 9.17) is 0 Å². The van der Waals surface area contributed by atoms with Crippen molar-refractivity contribution >= 4 is 5.91 Å². The molecule has 1 aromatic carbocycles. The molecule has 1 saturated heterocycles. The molecular formula is C18H26FN2O+. The molecule has 1 aliphatic carbocycles. The SMILES string of the molecule is C[C@H]1CCC[C@@H]([NH+]2CCN(C(=O)c3cccc(F)c3)CC2)C1. The molecule has 0 unspecified atom stereocenters. The fourth-order valence-corrected chi connectivity index (χ4v) is 4.01. The largest absolute Gasteiger partial charge is 0.330 e. The van der Waals surface area contributed by atoms with Gasteiger partial charge < -0.3 is 9.80 Å². The van der Waals surface area contributed by atoms with E-state index in [1.807, 2.05) is 4.90 Å². The van der Waals surface area contributed by atoms with Crippen LogP contribution in [0.3, 0.4) is 0 Å². The minimum absolute atomic E-state index is 0.0319. The van der Waals surface area contributed by atoms with E-state index < -0.39 is 0 Å². The number of benzene rings is 1. The second kappa shape index (κ2) is 6.78. The van der Waals surface area contributed by atoms with Crippen molar-refractivity contribution < 1.29 is 14.1 Å². The van der Waals surface area contributed by atoms with E-state index in [0.717, 1.165) is 38.1 Å². The molecule has 2 atom stereocenters. The molecule has 1 aliphatic heterocycles. The van der Waals surface area contributed by atoms with Gasteiger partial charge in [0.15, 0.2) is 0 Å². The quantitative estimate of drug-likeness (QED) is 0.884. The summed E-state index contributed by atoms with van der Waals surface area (Å²) in [6.45, 7) is 5.98. The van der Waals surface area contributed by atoms with Crippen LogP contribution in [0.15, 0.2) is 24.3 Å². The monoisotopic (exact) mass is 305 g/mol. The lowest BCUT2D eigenvalue weighted by atomic mass is 9.86. The molecule has 0 bridgehead atoms. The average molecular weight is 305 g/mol. The van der Waals surface area contributed by atoms with E-state index in [2.05, 4.69) is 6.92 Å². The third-order valence-corrected chi connectivity index (χ3v) is 5.28. The van der Waals surface area contributed by atoms with E-state index in [1.165, 1.54) is 37.8 Å². The highest BCUT2D eigenvalue weighted by Gasteiger charge is 2.32. The van der Waals surface area contributed by atoms with Crippen molar-refractivity contribution in [3.63, 3.8) is 0 Å². The third kappa shape index (κ3) is 3.49. The Labute approximate surface area is 132 Å². The topological polar surface area (TPSA) is 24.8 Å². The minimum atomic E-state index is -0.341. The molecule has 1 heterocycles. The van der Waals surface area contributed by atoms with Crippen molar-refractivity contribution in [3.8, 4) is 0 Å². The number of rotatable bonds is 2. The molecule has 0 radical (unpaired) electrons. The summed E-state index contributed by atoms with van der Waals surface area (Å²) >= 11 is 0. The van der Waals surface area contributed by atoms with Gasteiger partial charge in [0.2, 0.25) is 0 Å². The molecule has 120 valence electrons. The maximum atomic E-state index is 13.3. The Bertz CT molecular complexity index is 526. The number of nitrogens with one attached hydrogen (secondary N) is 1. The normalized spacial score (nSPS) is 26.9. The molecule has 1 aromatic rings. The Morgan fingerprint density at radius 1 is 1.27 bits per heavy atom. The van der Waals surface area contributed by atoms with Crippen LogP contribution in [0.5, 0.6) is 0 Å². The summed E-state index contributed by atoms with van der Waals surface area (Å²) < 4.78 is 13.3. The van der Waals surface area contributed by atoms with Crippen LogP contribution in [0.2, 0.25) is 0 Å². The van der Waals surface area contributed by atoms with Crippen LogP contribution in [-0.4, -0.2) is 43.0 Å². The fourth-order valence-electron chi connectivity index (χ4n) is 4.01. The van der Waals surface area contributed by atoms with E-state index in [1.54, 1.807) is 17.0 Å². The van der Waals surface area contributed by atoms with Gasteiger partial charge in [-0.15, -0.1) is 0 Å². The van der Waals surface area contributed by atoms with Gasteiger partial charge in [-0.2, -0.15) is 0 Å². The van der Waals surface area contributed by atoms with Gasteiger partial charge in [0, 0.05) is 12.0 Å². The van der Waals surface area contributed by atoms with Crippen molar-refractivity contribution in [2.24, 2.45) is 5.92 Å². The smallest absolute Gasteiger partial charge is 0.254 e. The zero-order valence-electron chi connectivity index (χ0n) is 13.4. The Kier molecular flexibility index (Phi) is 4.77. The lowest BCUT2D eigenvalue weighted by Crippen LogP contribution is -3.18. The zero-order chi connectivity index (χ0) is 15.5. The molecule has 22 heavy (non-hydrogen) atoms. The number of hydrogen-bond acceptors (Lipinski definition) is 1. The molecule has 3 nitrogen and oxygen atoms in total. The Balaban J connectivity index is 1.56. The summed E-state index contributed by atoms with van der Waals surface area (Å²) in [7, 11) is 0. The van der Waals surface area contributed by atoms with Gasteiger partial charge in [0.05, 0.1) is 32.2 Å². The van der Waals surface area contributed by atoms with E-state index in [9.17, 15) is 9.18 Å². The van der Waals surface area contributed by atoms with Gasteiger partial charge in [-0.25, -0.2) is 4.39 Å². The van der Waals surface area contributed by atoms with Gasteiger partial charge in [0.25, 0.3) is 5.91 Å². The molecule has 1 saturated carbocycles. The first kappa shape index (κ1) is 15.5. The Morgan fingerprint density at radius 2 is 2.05 bits per heavy atom. The number of halogens is 1. The molecule has 2 fully saturated rings. The zero-order valence-corrected chi connectivity index (χ0v) is 13.4. The standard InChI is InChI=1S/C18H25FN2O/c1-14-4-2-7-17(12-14)20-8-10-21(11-9-20)18(22)15-5-3-6-16(19)13-15/h3,5-6,13-14,17H,2,4,7-12H2,1H3/p+1/t14-,17+/m0/s1. The minimum Gasteiger partial charge on any atom is -0.330 e. The third-order valence-electron chi connectivity index (χ3n) is 5.28. The molecule has 0 aromatic heterocycles. The predicted molar refractivity (Wildman–Crippen MR) is 84.4 cm³/mol. The molecule has 1 N–H and O–H groups in total. The van der Waals surface area contributed by atoms with Gasteiger partial charge >= 0.3 is 0 Å². The van der Waals surface area contributed by atoms with Crippen LogP contribution in [0.25, 0.3) is 0 Å². The Hall–Kier alpha value is -1.42. The van der Waals surface area contributed by atoms with Crippen molar-refractivity contribution in [1.29, 1.82) is 0 Å². The van der Waals surface area contributed by atoms with Crippen LogP contribution in [0.1, 0.15) is 43.0 Å². The van der Waals surface area contributed by atoms with E-state index in [-0.39, 0.29) is 11.7 Å². The number of nitrogens with zero attached hydrogens (tertiary/aromatic N) is 1. The first-order valence-electron chi connectivity index (χ1n) is 8.53. The first-order chi connectivity index (χ1) is 10.6. The average Bonchev–Trinajstić information content (AvgIpc) is 2.54. The summed E-state index contributed by atoms with van der Waals surface area (Å²) in [5.41, 5.74) is 0.467.